The van der Waals surface area contributed by atoms with Gasteiger partial charge in [-0.1, -0.05) is 152 Å². The minimum atomic E-state index is 0.618. The number of fused-ring (bicyclic) bond motifs is 10. The molecular formula is C57H35N5. The van der Waals surface area contributed by atoms with Crippen LogP contribution in [0.3, 0.4) is 0 Å². The third-order valence-electron chi connectivity index (χ3n) is 12.5. The largest absolute Gasteiger partial charge is 0.309 e. The fourth-order valence-corrected chi connectivity index (χ4v) is 9.68. The zero-order chi connectivity index (χ0) is 40.7. The van der Waals surface area contributed by atoms with E-state index in [2.05, 4.69) is 203 Å². The Bertz CT molecular complexity index is 3880. The first-order valence-electron chi connectivity index (χ1n) is 21.0. The van der Waals surface area contributed by atoms with Crippen LogP contribution in [0.2, 0.25) is 0 Å². The minimum Gasteiger partial charge on any atom is -0.309 e. The third-order valence-corrected chi connectivity index (χ3v) is 12.5. The van der Waals surface area contributed by atoms with Crippen molar-refractivity contribution in [3.63, 3.8) is 0 Å². The maximum atomic E-state index is 5.30. The lowest BCUT2D eigenvalue weighted by Crippen LogP contribution is -2.01. The zero-order valence-electron chi connectivity index (χ0n) is 33.4. The van der Waals surface area contributed by atoms with Crippen molar-refractivity contribution in [3.05, 3.63) is 212 Å². The van der Waals surface area contributed by atoms with Gasteiger partial charge in [0.1, 0.15) is 0 Å². The summed E-state index contributed by atoms with van der Waals surface area (Å²) < 4.78 is 4.80. The van der Waals surface area contributed by atoms with Crippen molar-refractivity contribution in [2.45, 2.75) is 0 Å². The van der Waals surface area contributed by atoms with Gasteiger partial charge in [0.15, 0.2) is 17.5 Å². The van der Waals surface area contributed by atoms with Crippen LogP contribution in [0, 0.1) is 0 Å². The molecular weight excluding hydrogens is 755 g/mol. The minimum absolute atomic E-state index is 0.618. The number of nitrogens with zero attached hydrogens (tertiary/aromatic N) is 5. The monoisotopic (exact) mass is 789 g/mol. The second-order valence-electron chi connectivity index (χ2n) is 16.0. The van der Waals surface area contributed by atoms with Gasteiger partial charge in [0.25, 0.3) is 0 Å². The molecule has 0 N–H and O–H groups in total. The molecule has 5 nitrogen and oxygen atoms in total. The van der Waals surface area contributed by atoms with Crippen molar-refractivity contribution in [1.29, 1.82) is 0 Å². The molecule has 0 aliphatic carbocycles. The molecule has 0 aliphatic heterocycles. The molecule has 0 aliphatic rings. The van der Waals surface area contributed by atoms with E-state index in [9.17, 15) is 0 Å². The van der Waals surface area contributed by atoms with Gasteiger partial charge < -0.3 is 9.13 Å². The Kier molecular flexibility index (Phi) is 7.54. The molecule has 0 bridgehead atoms. The summed E-state index contributed by atoms with van der Waals surface area (Å²) in [6.07, 6.45) is 0. The first-order valence-corrected chi connectivity index (χ1v) is 21.0. The summed E-state index contributed by atoms with van der Waals surface area (Å²) in [7, 11) is 0. The van der Waals surface area contributed by atoms with Gasteiger partial charge in [0.2, 0.25) is 0 Å². The zero-order valence-corrected chi connectivity index (χ0v) is 33.4. The molecule has 0 amide bonds. The molecule has 3 aromatic heterocycles. The van der Waals surface area contributed by atoms with Gasteiger partial charge in [-0.05, 0) is 93.0 Å². The molecule has 13 rings (SSSR count). The predicted molar refractivity (Wildman–Crippen MR) is 257 cm³/mol. The smallest absolute Gasteiger partial charge is 0.164 e. The number of hydrogen-bond donors (Lipinski definition) is 0. The maximum absolute atomic E-state index is 5.30. The molecule has 0 radical (unpaired) electrons. The molecule has 0 unspecified atom stereocenters. The van der Waals surface area contributed by atoms with E-state index in [1.807, 2.05) is 18.2 Å². The van der Waals surface area contributed by atoms with Crippen LogP contribution in [0.4, 0.5) is 0 Å². The number of para-hydroxylation sites is 2. The van der Waals surface area contributed by atoms with Gasteiger partial charge in [-0.15, -0.1) is 0 Å². The SMILES string of the molecule is c1ccc(-c2nc(-c3cccc(-n4c5ccc(-n6c7ccccc7c7ccccc76)cc5c5cc6ccccc6cc54)c3)nc(-c3cc4ccccc4c4ccccc34)n2)cc1. The van der Waals surface area contributed by atoms with Gasteiger partial charge in [0, 0.05) is 49.6 Å². The number of hydrogen-bond acceptors (Lipinski definition) is 3. The van der Waals surface area contributed by atoms with Gasteiger partial charge >= 0.3 is 0 Å². The molecule has 13 aromatic rings. The summed E-state index contributed by atoms with van der Waals surface area (Å²) in [6.45, 7) is 0. The van der Waals surface area contributed by atoms with Crippen LogP contribution in [0.15, 0.2) is 212 Å². The van der Waals surface area contributed by atoms with E-state index in [0.717, 1.165) is 49.9 Å². The van der Waals surface area contributed by atoms with Gasteiger partial charge in [-0.25, -0.2) is 15.0 Å². The lowest BCUT2D eigenvalue weighted by atomic mass is 9.97. The second kappa shape index (κ2) is 13.6. The summed E-state index contributed by atoms with van der Waals surface area (Å²) in [5.41, 5.74) is 9.63. The molecule has 0 spiro atoms. The Hall–Kier alpha value is -8.41. The van der Waals surface area contributed by atoms with E-state index in [0.29, 0.717) is 17.5 Å². The highest BCUT2D eigenvalue weighted by atomic mass is 15.0. The highest BCUT2D eigenvalue weighted by molar-refractivity contribution is 6.16. The molecule has 62 heavy (non-hydrogen) atoms. The molecule has 288 valence electrons. The van der Waals surface area contributed by atoms with Gasteiger partial charge in [-0.2, -0.15) is 0 Å². The Morgan fingerprint density at radius 3 is 1.53 bits per heavy atom. The van der Waals surface area contributed by atoms with Crippen molar-refractivity contribution in [3.8, 4) is 45.5 Å². The van der Waals surface area contributed by atoms with Crippen molar-refractivity contribution in [2.75, 3.05) is 0 Å². The van der Waals surface area contributed by atoms with Crippen LogP contribution in [-0.4, -0.2) is 24.1 Å². The van der Waals surface area contributed by atoms with Crippen molar-refractivity contribution >= 4 is 75.9 Å². The average Bonchev–Trinajstić information content (AvgIpc) is 3.85. The lowest BCUT2D eigenvalue weighted by Gasteiger charge is -2.14. The molecule has 0 fully saturated rings. The maximum Gasteiger partial charge on any atom is 0.164 e. The molecule has 0 atom stereocenters. The Labute approximate surface area is 356 Å². The summed E-state index contributed by atoms with van der Waals surface area (Å²) in [4.78, 5) is 15.7. The van der Waals surface area contributed by atoms with E-state index in [4.69, 9.17) is 15.0 Å². The molecule has 10 aromatic carbocycles. The fourth-order valence-electron chi connectivity index (χ4n) is 9.68. The highest BCUT2D eigenvalue weighted by Gasteiger charge is 2.20. The highest BCUT2D eigenvalue weighted by Crippen LogP contribution is 2.40. The number of benzene rings is 10. The van der Waals surface area contributed by atoms with Crippen LogP contribution >= 0.6 is 0 Å². The Morgan fingerprint density at radius 2 is 0.774 bits per heavy atom. The molecule has 5 heteroatoms. The topological polar surface area (TPSA) is 48.5 Å². The molecule has 3 heterocycles. The van der Waals surface area contributed by atoms with Crippen LogP contribution in [0.1, 0.15) is 0 Å². The van der Waals surface area contributed by atoms with Crippen molar-refractivity contribution in [2.24, 2.45) is 0 Å². The average molecular weight is 790 g/mol. The van der Waals surface area contributed by atoms with Crippen molar-refractivity contribution in [1.82, 2.24) is 24.1 Å². The van der Waals surface area contributed by atoms with Crippen LogP contribution in [0.5, 0.6) is 0 Å². The Balaban J connectivity index is 1.04. The van der Waals surface area contributed by atoms with Crippen LogP contribution in [0.25, 0.3) is 121 Å². The third kappa shape index (κ3) is 5.32. The number of rotatable bonds is 5. The first-order chi connectivity index (χ1) is 30.7. The Morgan fingerprint density at radius 1 is 0.258 bits per heavy atom. The van der Waals surface area contributed by atoms with E-state index in [1.54, 1.807) is 0 Å². The van der Waals surface area contributed by atoms with Crippen LogP contribution in [-0.2, 0) is 0 Å². The van der Waals surface area contributed by atoms with Gasteiger partial charge in [0.05, 0.1) is 22.1 Å². The van der Waals surface area contributed by atoms with Crippen LogP contribution < -0.4 is 0 Å². The number of aromatic nitrogens is 5. The van der Waals surface area contributed by atoms with Gasteiger partial charge in [-0.3, -0.25) is 0 Å². The van der Waals surface area contributed by atoms with E-state index < -0.39 is 0 Å². The summed E-state index contributed by atoms with van der Waals surface area (Å²) in [6, 6.07) is 75.8. The van der Waals surface area contributed by atoms with E-state index in [1.165, 1.54) is 54.1 Å². The molecule has 0 saturated heterocycles. The van der Waals surface area contributed by atoms with E-state index in [-0.39, 0.29) is 0 Å². The first kappa shape index (κ1) is 34.5. The fraction of sp³-hybridized carbons (Fsp3) is 0. The van der Waals surface area contributed by atoms with Crippen molar-refractivity contribution < 1.29 is 0 Å². The summed E-state index contributed by atoms with van der Waals surface area (Å²) in [5, 5.41) is 11.9. The molecule has 0 saturated carbocycles. The summed E-state index contributed by atoms with van der Waals surface area (Å²) >= 11 is 0. The van der Waals surface area contributed by atoms with E-state index >= 15 is 0 Å². The summed E-state index contributed by atoms with van der Waals surface area (Å²) in [5.74, 6) is 1.89. The standard InChI is InChI=1S/C57H35N5/c1-2-15-36(16-3-1)55-58-56(60-57(59-55)50-33-39-19-6-7-22-43(39)44-23-8-9-24-45(44)50)40-20-14-21-41(31-40)62-53-30-29-42(35-49(53)48-32-37-17-4-5-18-38(37)34-54(48)62)61-51-27-12-10-25-46(51)47-26-11-13-28-52(47)61/h1-35H. The normalized spacial score (nSPS) is 11.9. The lowest BCUT2D eigenvalue weighted by molar-refractivity contribution is 1.07. The quantitative estimate of drug-likeness (QED) is 0.163. The second-order valence-corrected chi connectivity index (χ2v) is 16.0. The predicted octanol–water partition coefficient (Wildman–Crippen LogP) is 14.5.